The SMILES string of the molecule is CCOC(=O)C(=O)CS(=O)CC(N)C(=O)O. The van der Waals surface area contributed by atoms with Crippen LogP contribution in [0, 0.1) is 0 Å². The number of Topliss-reactive ketones (excluding diaryl/α,β-unsaturated/α-hetero) is 1. The van der Waals surface area contributed by atoms with E-state index in [1.165, 1.54) is 6.92 Å². The minimum Gasteiger partial charge on any atom is -0.480 e. The zero-order valence-corrected chi connectivity index (χ0v) is 9.49. The first-order valence-electron chi connectivity index (χ1n) is 4.41. The number of carboxylic acid groups (broad SMARTS) is 1. The highest BCUT2D eigenvalue weighted by Gasteiger charge is 2.21. The summed E-state index contributed by atoms with van der Waals surface area (Å²) in [6, 6.07) is -1.31. The Kier molecular flexibility index (Phi) is 6.50. The second-order valence-corrected chi connectivity index (χ2v) is 4.34. The van der Waals surface area contributed by atoms with Crippen LogP contribution < -0.4 is 5.73 Å². The van der Waals surface area contributed by atoms with E-state index >= 15 is 0 Å². The van der Waals surface area contributed by atoms with Crippen molar-refractivity contribution in [2.24, 2.45) is 5.73 Å². The smallest absolute Gasteiger partial charge is 0.375 e. The molecule has 16 heavy (non-hydrogen) atoms. The van der Waals surface area contributed by atoms with Gasteiger partial charge >= 0.3 is 11.9 Å². The minimum atomic E-state index is -1.78. The molecular weight excluding hydrogens is 238 g/mol. The Morgan fingerprint density at radius 3 is 2.44 bits per heavy atom. The summed E-state index contributed by atoms with van der Waals surface area (Å²) in [7, 11) is -1.78. The van der Waals surface area contributed by atoms with Gasteiger partial charge in [-0.15, -0.1) is 0 Å². The summed E-state index contributed by atoms with van der Waals surface area (Å²) < 4.78 is 15.6. The number of hydrogen-bond acceptors (Lipinski definition) is 6. The standard InChI is InChI=1S/C8H13NO6S/c1-2-15-8(13)6(10)4-16(14)3-5(9)7(11)12/h5H,2-4,9H2,1H3,(H,11,12). The molecule has 0 aromatic heterocycles. The lowest BCUT2D eigenvalue weighted by Crippen LogP contribution is -2.37. The Bertz CT molecular complexity index is 316. The second kappa shape index (κ2) is 7.07. The minimum absolute atomic E-state index is 0.0475. The largest absolute Gasteiger partial charge is 0.480 e. The van der Waals surface area contributed by atoms with Crippen molar-refractivity contribution in [3.05, 3.63) is 0 Å². The Labute approximate surface area is 94.4 Å². The number of ether oxygens (including phenoxy) is 1. The van der Waals surface area contributed by atoms with Gasteiger partial charge in [0.15, 0.2) is 0 Å². The number of carbonyl (C=O) groups is 3. The first kappa shape index (κ1) is 14.7. The lowest BCUT2D eigenvalue weighted by molar-refractivity contribution is -0.152. The molecule has 0 aliphatic heterocycles. The van der Waals surface area contributed by atoms with Crippen LogP contribution in [0.25, 0.3) is 0 Å². The molecule has 0 rings (SSSR count). The monoisotopic (exact) mass is 251 g/mol. The Hall–Kier alpha value is -1.28. The summed E-state index contributed by atoms with van der Waals surface area (Å²) in [6.45, 7) is 1.58. The maximum absolute atomic E-state index is 11.2. The number of nitrogens with two attached hydrogens (primary N) is 1. The van der Waals surface area contributed by atoms with Crippen LogP contribution >= 0.6 is 0 Å². The highest BCUT2D eigenvalue weighted by Crippen LogP contribution is 1.91. The van der Waals surface area contributed by atoms with E-state index < -0.39 is 40.3 Å². The van der Waals surface area contributed by atoms with Gasteiger partial charge in [-0.2, -0.15) is 0 Å². The summed E-state index contributed by atoms with van der Waals surface area (Å²) in [5, 5.41) is 8.42. The van der Waals surface area contributed by atoms with Crippen LogP contribution in [0.1, 0.15) is 6.92 Å². The van der Waals surface area contributed by atoms with E-state index in [4.69, 9.17) is 10.8 Å². The van der Waals surface area contributed by atoms with Crippen LogP contribution in [-0.2, 0) is 29.9 Å². The lowest BCUT2D eigenvalue weighted by atomic mass is 10.4. The highest BCUT2D eigenvalue weighted by molar-refractivity contribution is 7.85. The van der Waals surface area contributed by atoms with Crippen molar-refractivity contribution in [3.63, 3.8) is 0 Å². The molecule has 2 atom stereocenters. The van der Waals surface area contributed by atoms with Gasteiger partial charge < -0.3 is 15.6 Å². The Balaban J connectivity index is 4.10. The van der Waals surface area contributed by atoms with Crippen molar-refractivity contribution < 1.29 is 28.4 Å². The molecule has 0 aliphatic rings. The van der Waals surface area contributed by atoms with Crippen LogP contribution in [0.4, 0.5) is 0 Å². The van der Waals surface area contributed by atoms with Gasteiger partial charge in [0.1, 0.15) is 6.04 Å². The van der Waals surface area contributed by atoms with Gasteiger partial charge in [-0.1, -0.05) is 0 Å². The average molecular weight is 251 g/mol. The molecule has 8 heteroatoms. The number of ketones is 1. The molecule has 0 aliphatic carbocycles. The van der Waals surface area contributed by atoms with Gasteiger partial charge in [-0.3, -0.25) is 13.8 Å². The van der Waals surface area contributed by atoms with E-state index in [0.29, 0.717) is 0 Å². The summed E-state index contributed by atoms with van der Waals surface area (Å²) in [5.74, 6) is -4.27. The molecule has 7 nitrogen and oxygen atoms in total. The molecule has 0 aromatic carbocycles. The first-order chi connectivity index (χ1) is 7.38. The van der Waals surface area contributed by atoms with Gasteiger partial charge in [0.05, 0.1) is 12.4 Å². The number of aliphatic carboxylic acids is 1. The normalized spacial score (nSPS) is 13.9. The Morgan fingerprint density at radius 2 is 2.00 bits per heavy atom. The molecule has 0 fully saturated rings. The van der Waals surface area contributed by atoms with E-state index in [-0.39, 0.29) is 12.4 Å². The molecule has 92 valence electrons. The Morgan fingerprint density at radius 1 is 1.44 bits per heavy atom. The third-order valence-electron chi connectivity index (χ3n) is 1.48. The lowest BCUT2D eigenvalue weighted by Gasteiger charge is -2.05. The summed E-state index contributed by atoms with van der Waals surface area (Å²) in [6.07, 6.45) is 0. The van der Waals surface area contributed by atoms with Gasteiger partial charge in [0.2, 0.25) is 0 Å². The van der Waals surface area contributed by atoms with Crippen LogP contribution in [-0.4, -0.2) is 51.2 Å². The molecule has 0 heterocycles. The molecular formula is C8H13NO6S. The van der Waals surface area contributed by atoms with Crippen molar-refractivity contribution >= 4 is 28.5 Å². The van der Waals surface area contributed by atoms with E-state index in [1.54, 1.807) is 0 Å². The number of esters is 1. The molecule has 3 N–H and O–H groups in total. The zero-order valence-electron chi connectivity index (χ0n) is 8.67. The third kappa shape index (κ3) is 5.56. The van der Waals surface area contributed by atoms with Crippen LogP contribution in [0.5, 0.6) is 0 Å². The van der Waals surface area contributed by atoms with Gasteiger partial charge in [0, 0.05) is 16.6 Å². The van der Waals surface area contributed by atoms with Crippen molar-refractivity contribution in [1.82, 2.24) is 0 Å². The maximum Gasteiger partial charge on any atom is 0.375 e. The second-order valence-electron chi connectivity index (χ2n) is 2.84. The van der Waals surface area contributed by atoms with Crippen molar-refractivity contribution in [2.75, 3.05) is 18.1 Å². The van der Waals surface area contributed by atoms with Gasteiger partial charge in [-0.05, 0) is 6.92 Å². The molecule has 2 unspecified atom stereocenters. The van der Waals surface area contributed by atoms with Gasteiger partial charge in [-0.25, -0.2) is 4.79 Å². The molecule has 0 spiro atoms. The summed E-state index contributed by atoms with van der Waals surface area (Å²) in [4.78, 5) is 32.2. The number of carbonyl (C=O) groups excluding carboxylic acids is 2. The molecule has 0 radical (unpaired) electrons. The molecule has 0 saturated heterocycles. The number of carboxylic acids is 1. The fourth-order valence-electron chi connectivity index (χ4n) is 0.747. The van der Waals surface area contributed by atoms with E-state index in [0.717, 1.165) is 0 Å². The van der Waals surface area contributed by atoms with Crippen LogP contribution in [0.3, 0.4) is 0 Å². The molecule has 0 aromatic rings. The van der Waals surface area contributed by atoms with Crippen molar-refractivity contribution in [2.45, 2.75) is 13.0 Å². The predicted molar refractivity (Wildman–Crippen MR) is 55.1 cm³/mol. The number of hydrogen-bond donors (Lipinski definition) is 2. The topological polar surface area (TPSA) is 124 Å². The van der Waals surface area contributed by atoms with E-state index in [2.05, 4.69) is 4.74 Å². The molecule has 0 amide bonds. The predicted octanol–water partition coefficient (Wildman–Crippen LogP) is -1.72. The highest BCUT2D eigenvalue weighted by atomic mass is 32.2. The molecule has 0 bridgehead atoms. The fourth-order valence-corrected chi connectivity index (χ4v) is 1.82. The zero-order chi connectivity index (χ0) is 12.7. The van der Waals surface area contributed by atoms with Crippen molar-refractivity contribution in [1.29, 1.82) is 0 Å². The van der Waals surface area contributed by atoms with Crippen LogP contribution in [0.15, 0.2) is 0 Å². The molecule has 0 saturated carbocycles. The quantitative estimate of drug-likeness (QED) is 0.407. The number of rotatable bonds is 7. The van der Waals surface area contributed by atoms with E-state index in [9.17, 15) is 18.6 Å². The summed E-state index contributed by atoms with van der Waals surface area (Å²) >= 11 is 0. The van der Waals surface area contributed by atoms with Crippen molar-refractivity contribution in [3.8, 4) is 0 Å². The fraction of sp³-hybridized carbons (Fsp3) is 0.625. The first-order valence-corrected chi connectivity index (χ1v) is 5.90. The third-order valence-corrected chi connectivity index (χ3v) is 2.79. The van der Waals surface area contributed by atoms with E-state index in [1.807, 2.05) is 0 Å². The average Bonchev–Trinajstić information content (AvgIpc) is 2.17. The summed E-state index contributed by atoms with van der Waals surface area (Å²) in [5.41, 5.74) is 5.11. The maximum atomic E-state index is 11.2. The van der Waals surface area contributed by atoms with Crippen LogP contribution in [0.2, 0.25) is 0 Å². The van der Waals surface area contributed by atoms with Gasteiger partial charge in [0.25, 0.3) is 5.78 Å².